The van der Waals surface area contributed by atoms with Crippen LogP contribution in [0.4, 0.5) is 0 Å². The van der Waals surface area contributed by atoms with Crippen LogP contribution in [0.5, 0.6) is 5.75 Å². The number of hydrogen-bond acceptors (Lipinski definition) is 5. The number of para-hydroxylation sites is 1. The number of phenolic OH excluding ortho intramolecular Hbond substituents is 1. The predicted molar refractivity (Wildman–Crippen MR) is 133 cm³/mol. The molecule has 6 nitrogen and oxygen atoms in total. The third kappa shape index (κ3) is 4.60. The highest BCUT2D eigenvalue weighted by atomic mass is 16.5. The van der Waals surface area contributed by atoms with E-state index in [0.29, 0.717) is 19.2 Å². The molecular formula is C27H36BNO5. The largest absolute Gasteiger partial charge is 0.507 e. The minimum atomic E-state index is -0.948. The predicted octanol–water partition coefficient (Wildman–Crippen LogP) is 4.44. The highest BCUT2D eigenvalue weighted by molar-refractivity contribution is 6.43. The smallest absolute Gasteiger partial charge is 0.455 e. The van der Waals surface area contributed by atoms with E-state index in [1.165, 1.54) is 16.0 Å². The van der Waals surface area contributed by atoms with Crippen LogP contribution < -0.4 is 0 Å². The number of benzene rings is 1. The molecule has 0 spiro atoms. The summed E-state index contributed by atoms with van der Waals surface area (Å²) in [5.41, 5.74) is 4.36. The SMILES string of the molecule is CCC/C(=C\c1ccccc1O)CC[C@H]1OB(O)C[C@H]2C1=C(C(C)C)C[C@H]1C(=O)N(C)C(=O)[C@H]12. The maximum Gasteiger partial charge on any atom is 0.455 e. The molecule has 2 fully saturated rings. The lowest BCUT2D eigenvalue weighted by molar-refractivity contribution is -0.138. The van der Waals surface area contributed by atoms with E-state index >= 15 is 0 Å². The van der Waals surface area contributed by atoms with E-state index in [2.05, 4.69) is 26.8 Å². The van der Waals surface area contributed by atoms with Crippen molar-refractivity contribution in [2.24, 2.45) is 23.7 Å². The Morgan fingerprint density at radius 2 is 1.94 bits per heavy atom. The van der Waals surface area contributed by atoms with Crippen LogP contribution in [-0.4, -0.2) is 47.1 Å². The number of aromatic hydroxyl groups is 1. The van der Waals surface area contributed by atoms with Crippen molar-refractivity contribution in [2.45, 2.75) is 65.3 Å². The molecule has 4 atom stereocenters. The molecule has 0 saturated carbocycles. The first-order chi connectivity index (χ1) is 16.2. The van der Waals surface area contributed by atoms with E-state index in [0.717, 1.165) is 30.4 Å². The fourth-order valence-electron chi connectivity index (χ4n) is 6.14. The third-order valence-electron chi connectivity index (χ3n) is 7.76. The summed E-state index contributed by atoms with van der Waals surface area (Å²) < 4.78 is 6.09. The number of hydrogen-bond donors (Lipinski definition) is 2. The van der Waals surface area contributed by atoms with Crippen molar-refractivity contribution in [3.05, 3.63) is 46.5 Å². The number of rotatable bonds is 7. The number of likely N-dealkylation sites (tertiary alicyclic amines) is 1. The second-order valence-corrected chi connectivity index (χ2v) is 10.3. The van der Waals surface area contributed by atoms with E-state index in [1.807, 2.05) is 18.2 Å². The molecule has 34 heavy (non-hydrogen) atoms. The maximum absolute atomic E-state index is 13.0. The summed E-state index contributed by atoms with van der Waals surface area (Å²) in [5.74, 6) is -0.616. The van der Waals surface area contributed by atoms with Crippen LogP contribution in [0.2, 0.25) is 6.32 Å². The molecule has 1 aliphatic carbocycles. The first-order valence-electron chi connectivity index (χ1n) is 12.6. The average molecular weight is 465 g/mol. The zero-order valence-corrected chi connectivity index (χ0v) is 20.7. The van der Waals surface area contributed by atoms with E-state index in [1.54, 1.807) is 13.1 Å². The Morgan fingerprint density at radius 1 is 1.21 bits per heavy atom. The second kappa shape index (κ2) is 10.1. The molecule has 0 unspecified atom stereocenters. The molecule has 7 heteroatoms. The number of fused-ring (bicyclic) bond motifs is 3. The summed E-state index contributed by atoms with van der Waals surface area (Å²) in [6.45, 7) is 6.40. The molecule has 2 N–H and O–H groups in total. The molecule has 0 bridgehead atoms. The average Bonchev–Trinajstić information content (AvgIpc) is 3.02. The van der Waals surface area contributed by atoms with Gasteiger partial charge in [0.05, 0.1) is 17.9 Å². The molecular weight excluding hydrogens is 429 g/mol. The molecule has 3 aliphatic rings. The van der Waals surface area contributed by atoms with Crippen molar-refractivity contribution in [1.82, 2.24) is 4.90 Å². The van der Waals surface area contributed by atoms with Gasteiger partial charge in [-0.05, 0) is 55.5 Å². The van der Waals surface area contributed by atoms with Gasteiger partial charge in [0.2, 0.25) is 11.8 Å². The van der Waals surface area contributed by atoms with Gasteiger partial charge in [0.1, 0.15) is 5.75 Å². The second-order valence-electron chi connectivity index (χ2n) is 10.3. The van der Waals surface area contributed by atoms with Crippen molar-refractivity contribution >= 4 is 25.0 Å². The normalized spacial score (nSPS) is 27.5. The number of carbonyl (C=O) groups excluding carboxylic acids is 2. The first-order valence-corrected chi connectivity index (χ1v) is 12.6. The van der Waals surface area contributed by atoms with Gasteiger partial charge in [-0.3, -0.25) is 14.5 Å². The van der Waals surface area contributed by atoms with Crippen LogP contribution in [0, 0.1) is 23.7 Å². The van der Waals surface area contributed by atoms with Crippen LogP contribution >= 0.6 is 0 Å². The van der Waals surface area contributed by atoms with Crippen molar-refractivity contribution in [3.63, 3.8) is 0 Å². The maximum atomic E-state index is 13.0. The molecule has 1 aromatic carbocycles. The van der Waals surface area contributed by atoms with E-state index in [-0.39, 0.29) is 41.4 Å². The van der Waals surface area contributed by atoms with E-state index in [4.69, 9.17) is 4.65 Å². The van der Waals surface area contributed by atoms with Gasteiger partial charge in [-0.25, -0.2) is 0 Å². The van der Waals surface area contributed by atoms with Crippen LogP contribution in [0.25, 0.3) is 6.08 Å². The highest BCUT2D eigenvalue weighted by Crippen LogP contribution is 2.51. The minimum absolute atomic E-state index is 0.0967. The molecule has 1 aromatic rings. The first kappa shape index (κ1) is 24.7. The fourth-order valence-corrected chi connectivity index (χ4v) is 6.14. The zero-order chi connectivity index (χ0) is 24.6. The van der Waals surface area contributed by atoms with Crippen molar-refractivity contribution in [2.75, 3.05) is 7.05 Å². The quantitative estimate of drug-likeness (QED) is 0.353. The number of nitrogens with zero attached hydrogens (tertiary/aromatic N) is 1. The lowest BCUT2D eigenvalue weighted by atomic mass is 9.57. The van der Waals surface area contributed by atoms with Gasteiger partial charge in [-0.2, -0.15) is 0 Å². The van der Waals surface area contributed by atoms with Gasteiger partial charge < -0.3 is 14.8 Å². The Hall–Kier alpha value is -2.38. The summed E-state index contributed by atoms with van der Waals surface area (Å²) in [7, 11) is 0.627. The highest BCUT2D eigenvalue weighted by Gasteiger charge is 2.56. The number of phenols is 1. The summed E-state index contributed by atoms with van der Waals surface area (Å²) in [6.07, 6.45) is 6.06. The molecule has 2 saturated heterocycles. The van der Waals surface area contributed by atoms with Crippen molar-refractivity contribution in [3.8, 4) is 5.75 Å². The van der Waals surface area contributed by atoms with Crippen LogP contribution in [0.15, 0.2) is 41.0 Å². The molecule has 2 aliphatic heterocycles. The minimum Gasteiger partial charge on any atom is -0.507 e. The Bertz CT molecular complexity index is 1020. The lowest BCUT2D eigenvalue weighted by Crippen LogP contribution is -2.46. The molecule has 0 radical (unpaired) electrons. The van der Waals surface area contributed by atoms with Gasteiger partial charge >= 0.3 is 7.12 Å². The van der Waals surface area contributed by atoms with Gasteiger partial charge in [0, 0.05) is 12.6 Å². The fraction of sp³-hybridized carbons (Fsp3) is 0.556. The monoisotopic (exact) mass is 465 g/mol. The van der Waals surface area contributed by atoms with E-state index < -0.39 is 13.0 Å². The molecule has 2 amide bonds. The van der Waals surface area contributed by atoms with Crippen LogP contribution in [0.3, 0.4) is 0 Å². The summed E-state index contributed by atoms with van der Waals surface area (Å²) in [6, 6.07) is 7.32. The Balaban J connectivity index is 1.64. The van der Waals surface area contributed by atoms with Crippen molar-refractivity contribution in [1.29, 1.82) is 0 Å². The molecule has 0 aromatic heterocycles. The number of carbonyl (C=O) groups is 2. The lowest BCUT2D eigenvalue weighted by Gasteiger charge is -2.44. The zero-order valence-electron chi connectivity index (χ0n) is 20.7. The van der Waals surface area contributed by atoms with Crippen LogP contribution in [-0.2, 0) is 14.2 Å². The van der Waals surface area contributed by atoms with Gasteiger partial charge in [0.25, 0.3) is 0 Å². The van der Waals surface area contributed by atoms with Crippen LogP contribution in [0.1, 0.15) is 58.4 Å². The van der Waals surface area contributed by atoms with E-state index in [9.17, 15) is 19.7 Å². The molecule has 2 heterocycles. The summed E-state index contributed by atoms with van der Waals surface area (Å²) in [5, 5.41) is 20.8. The number of allylic oxidation sites excluding steroid dienone is 2. The van der Waals surface area contributed by atoms with Gasteiger partial charge in [-0.15, -0.1) is 0 Å². The Morgan fingerprint density at radius 3 is 2.62 bits per heavy atom. The third-order valence-corrected chi connectivity index (χ3v) is 7.76. The van der Waals surface area contributed by atoms with Gasteiger partial charge in [-0.1, -0.05) is 62.6 Å². The number of amides is 2. The topological polar surface area (TPSA) is 87.1 Å². The Labute approximate surface area is 202 Å². The van der Waals surface area contributed by atoms with Gasteiger partial charge in [0.15, 0.2) is 0 Å². The summed E-state index contributed by atoms with van der Waals surface area (Å²) in [4.78, 5) is 27.1. The molecule has 182 valence electrons. The summed E-state index contributed by atoms with van der Waals surface area (Å²) >= 11 is 0. The van der Waals surface area contributed by atoms with Crippen molar-refractivity contribution < 1.29 is 24.4 Å². The standard InChI is InChI=1S/C27H36BNO5/c1-5-8-17(13-18-9-6-7-10-22(18)30)11-12-23-24-19(16(2)3)14-20-25(21(24)15-28(33)34-23)27(32)29(4)26(20)31/h6-7,9-10,13,16,20-21,23,25,30,33H,5,8,11-12,14-15H2,1-4H3/b17-13+/t20-,21+,23-,25-/m1/s1. The Kier molecular flexibility index (Phi) is 7.34. The number of imide groups is 1. The molecule has 4 rings (SSSR count).